The minimum atomic E-state index is 0.889. The third kappa shape index (κ3) is 10.9. The zero-order valence-corrected chi connectivity index (χ0v) is 55.5. The maximum Gasteiger partial charge on any atom is 0.135 e. The number of benzene rings is 15. The van der Waals surface area contributed by atoms with Crippen LogP contribution in [0.15, 0.2) is 368 Å². The number of anilines is 12. The summed E-state index contributed by atoms with van der Waals surface area (Å²) in [6.07, 6.45) is 0. The van der Waals surface area contributed by atoms with E-state index in [9.17, 15) is 0 Å². The lowest BCUT2D eigenvalue weighted by Gasteiger charge is -2.26. The van der Waals surface area contributed by atoms with Crippen molar-refractivity contribution >= 4 is 185 Å². The topological polar surface area (TPSA) is 26.1 Å². The van der Waals surface area contributed by atoms with Crippen molar-refractivity contribution in [3.63, 3.8) is 0 Å². The van der Waals surface area contributed by atoms with Crippen LogP contribution in [0, 0.1) is 0 Å². The largest absolute Gasteiger partial charge is 0.456 e. The van der Waals surface area contributed by atoms with E-state index >= 15 is 0 Å². The fraction of sp³-hybridized carbons (Fsp3) is 0. The average molecular weight is 1310 g/mol. The second-order valence-corrected chi connectivity index (χ2v) is 27.7. The highest BCUT2D eigenvalue weighted by Gasteiger charge is 2.22. The molecule has 0 aliphatic carbocycles. The highest BCUT2D eigenvalue weighted by atomic mass is 32.1. The first-order valence-electron chi connectivity index (χ1n) is 32.9. The van der Waals surface area contributed by atoms with E-state index < -0.39 is 0 Å². The number of hydrogen-bond donors (Lipinski definition) is 0. The first-order chi connectivity index (χ1) is 48.6. The molecule has 0 atom stereocenters. The molecule has 98 heavy (non-hydrogen) atoms. The first-order valence-corrected chi connectivity index (χ1v) is 35.4. The zero-order valence-electron chi connectivity index (χ0n) is 53.1. The third-order valence-electron chi connectivity index (χ3n) is 18.5. The van der Waals surface area contributed by atoms with Crippen molar-refractivity contribution in [3.8, 4) is 11.1 Å². The van der Waals surface area contributed by atoms with Gasteiger partial charge in [-0.2, -0.15) is 0 Å². The van der Waals surface area contributed by atoms with Crippen LogP contribution in [0.5, 0.6) is 0 Å². The second kappa shape index (κ2) is 25.3. The van der Waals surface area contributed by atoms with Gasteiger partial charge >= 0.3 is 0 Å². The van der Waals surface area contributed by atoms with Crippen LogP contribution in [0.4, 0.5) is 68.2 Å². The summed E-state index contributed by atoms with van der Waals surface area (Å²) >= 11 is 5.56. The van der Waals surface area contributed by atoms with Gasteiger partial charge in [0.1, 0.15) is 11.2 Å². The Labute approximate surface area is 579 Å². The van der Waals surface area contributed by atoms with E-state index in [0.717, 1.165) is 90.2 Å². The number of rotatable bonds is 13. The lowest BCUT2D eigenvalue weighted by Crippen LogP contribution is -2.09. The van der Waals surface area contributed by atoms with Crippen molar-refractivity contribution in [2.45, 2.75) is 0 Å². The number of furan rings is 1. The van der Waals surface area contributed by atoms with Gasteiger partial charge in [-0.3, -0.25) is 0 Å². The highest BCUT2D eigenvalue weighted by molar-refractivity contribution is 7.26. The van der Waals surface area contributed by atoms with Gasteiger partial charge in [-0.15, -0.1) is 34.0 Å². The number of thiophene rings is 3. The molecule has 19 aromatic rings. The molecule has 0 amide bonds. The van der Waals surface area contributed by atoms with E-state index in [2.05, 4.69) is 371 Å². The van der Waals surface area contributed by atoms with Crippen LogP contribution in [-0.4, -0.2) is 0 Å². The molecule has 0 unspecified atom stereocenters. The van der Waals surface area contributed by atoms with E-state index in [0.29, 0.717) is 0 Å². The Kier molecular flexibility index (Phi) is 15.1. The summed E-state index contributed by atoms with van der Waals surface area (Å²) in [5.41, 5.74) is 17.8. The Morgan fingerprint density at radius 3 is 0.888 bits per heavy atom. The minimum absolute atomic E-state index is 0.889. The zero-order chi connectivity index (χ0) is 64.9. The molecule has 0 radical (unpaired) electrons. The monoisotopic (exact) mass is 1310 g/mol. The van der Waals surface area contributed by atoms with Crippen molar-refractivity contribution in [1.82, 2.24) is 0 Å². The SMILES string of the molecule is c1ccc(-c2ccc(N(c3ccc4c(c3)sc3ccc(N(c5ccccc5)c5ccccc5)cc34)c3ccc4oc5ccccc5c4c3)cc2)cc1.c1ccc(N(c2ccc3c(c2)sc2ccccc23)c2ccc3c(c2)sc2ccc(N(c4ccccc4)c4ccccc4)cc23)cc1. The molecular weight excluding hydrogens is 1250 g/mol. The van der Waals surface area contributed by atoms with Gasteiger partial charge in [-0.1, -0.05) is 188 Å². The predicted molar refractivity (Wildman–Crippen MR) is 423 cm³/mol. The van der Waals surface area contributed by atoms with Gasteiger partial charge in [0.2, 0.25) is 0 Å². The van der Waals surface area contributed by atoms with Crippen molar-refractivity contribution in [2.24, 2.45) is 0 Å². The summed E-state index contributed by atoms with van der Waals surface area (Å²) in [6.45, 7) is 0. The first kappa shape index (κ1) is 58.5. The molecular formula is C90H60N4OS3. The highest BCUT2D eigenvalue weighted by Crippen LogP contribution is 2.48. The van der Waals surface area contributed by atoms with Crippen molar-refractivity contribution < 1.29 is 4.42 Å². The average Bonchev–Trinajstić information content (AvgIpc) is 1.53. The van der Waals surface area contributed by atoms with Crippen LogP contribution in [-0.2, 0) is 0 Å². The van der Waals surface area contributed by atoms with Crippen LogP contribution in [0.2, 0.25) is 0 Å². The summed E-state index contributed by atoms with van der Waals surface area (Å²) in [4.78, 5) is 9.40. The Hall–Kier alpha value is -12.0. The minimum Gasteiger partial charge on any atom is -0.456 e. The predicted octanol–water partition coefficient (Wildman–Crippen LogP) is 27.9. The normalized spacial score (nSPS) is 11.5. The molecule has 0 aliphatic rings. The van der Waals surface area contributed by atoms with Gasteiger partial charge in [0, 0.05) is 140 Å². The van der Waals surface area contributed by atoms with Gasteiger partial charge < -0.3 is 24.0 Å². The molecule has 15 aromatic carbocycles. The number of hydrogen-bond acceptors (Lipinski definition) is 8. The standard InChI is InChI=1S/C48H32N2OS.C42H28N2S2/c1-4-12-33(13-5-1)34-20-22-37(23-21-34)50(38-25-28-46-43(30-38)41-18-10-11-19-45(41)51-46)40-24-27-42-44-31-39(26-29-47(44)52-48(42)32-40)49(35-14-6-2-7-15-35)36-16-8-3-9-17-36;1-4-12-29(13-5-1)43(30-14-6-2-7-15-30)32-22-25-40-38(26-32)37-24-21-34(28-42(37)46-40)44(31-16-8-3-9-17-31)33-20-23-36-35-18-10-11-19-39(35)45-41(36)27-33/h1-32H;1-28H. The molecule has 464 valence electrons. The smallest absolute Gasteiger partial charge is 0.135 e. The Morgan fingerprint density at radius 1 is 0.163 bits per heavy atom. The van der Waals surface area contributed by atoms with E-state index in [1.807, 2.05) is 46.1 Å². The molecule has 0 saturated heterocycles. The maximum atomic E-state index is 6.22. The molecule has 0 aliphatic heterocycles. The summed E-state index contributed by atoms with van der Waals surface area (Å²) in [5.74, 6) is 0. The Balaban J connectivity index is 0.000000143. The molecule has 0 spiro atoms. The van der Waals surface area contributed by atoms with Crippen LogP contribution >= 0.6 is 34.0 Å². The molecule has 8 heteroatoms. The maximum absolute atomic E-state index is 6.22. The van der Waals surface area contributed by atoms with Crippen LogP contribution < -0.4 is 19.6 Å². The van der Waals surface area contributed by atoms with Crippen LogP contribution in [0.3, 0.4) is 0 Å². The Morgan fingerprint density at radius 2 is 0.439 bits per heavy atom. The van der Waals surface area contributed by atoms with Crippen molar-refractivity contribution in [1.29, 1.82) is 0 Å². The van der Waals surface area contributed by atoms with Crippen LogP contribution in [0.1, 0.15) is 0 Å². The van der Waals surface area contributed by atoms with E-state index in [1.165, 1.54) is 71.6 Å². The molecule has 5 nitrogen and oxygen atoms in total. The summed E-state index contributed by atoms with van der Waals surface area (Å²) in [5, 5.41) is 9.93. The molecule has 0 N–H and O–H groups in total. The van der Waals surface area contributed by atoms with E-state index in [-0.39, 0.29) is 0 Å². The fourth-order valence-electron chi connectivity index (χ4n) is 13.9. The lowest BCUT2D eigenvalue weighted by atomic mass is 10.0. The summed E-state index contributed by atoms with van der Waals surface area (Å²) in [6, 6.07) is 130. The second-order valence-electron chi connectivity index (χ2n) is 24.4. The van der Waals surface area contributed by atoms with Gasteiger partial charge in [0.05, 0.1) is 0 Å². The number of nitrogens with zero attached hydrogens (tertiary/aromatic N) is 4. The van der Waals surface area contributed by atoms with E-state index in [1.54, 1.807) is 0 Å². The van der Waals surface area contributed by atoms with Crippen molar-refractivity contribution in [2.75, 3.05) is 19.6 Å². The molecule has 4 aromatic heterocycles. The molecule has 0 saturated carbocycles. The lowest BCUT2D eigenvalue weighted by molar-refractivity contribution is 0.669. The summed E-state index contributed by atoms with van der Waals surface area (Å²) in [7, 11) is 0. The van der Waals surface area contributed by atoms with Crippen LogP contribution in [0.25, 0.3) is 93.6 Å². The Bertz CT molecular complexity index is 6000. The van der Waals surface area contributed by atoms with Gasteiger partial charge in [-0.25, -0.2) is 0 Å². The molecule has 0 bridgehead atoms. The van der Waals surface area contributed by atoms with Gasteiger partial charge in [0.15, 0.2) is 0 Å². The summed E-state index contributed by atoms with van der Waals surface area (Å²) < 4.78 is 13.9. The molecule has 4 heterocycles. The molecule has 0 fully saturated rings. The number of fused-ring (bicyclic) bond motifs is 12. The van der Waals surface area contributed by atoms with E-state index in [4.69, 9.17) is 4.42 Å². The van der Waals surface area contributed by atoms with Gasteiger partial charge in [0.25, 0.3) is 0 Å². The number of para-hydroxylation sites is 6. The fourth-order valence-corrected chi connectivity index (χ4v) is 17.3. The quantitative estimate of drug-likeness (QED) is 0.115. The third-order valence-corrected chi connectivity index (χ3v) is 21.9. The molecule has 19 rings (SSSR count). The van der Waals surface area contributed by atoms with Gasteiger partial charge in [-0.05, 0) is 187 Å². The van der Waals surface area contributed by atoms with Crippen molar-refractivity contribution in [3.05, 3.63) is 364 Å².